The lowest BCUT2D eigenvalue weighted by molar-refractivity contribution is 0.748. The second-order valence-corrected chi connectivity index (χ2v) is 3.50. The van der Waals surface area contributed by atoms with Crippen LogP contribution in [0.5, 0.6) is 0 Å². The quantitative estimate of drug-likeness (QED) is 0.781. The van der Waals surface area contributed by atoms with Gasteiger partial charge < -0.3 is 5.73 Å². The first-order valence-corrected chi connectivity index (χ1v) is 4.66. The molecular formula is C9H12N6. The van der Waals surface area contributed by atoms with Gasteiger partial charge in [0.1, 0.15) is 24.3 Å². The van der Waals surface area contributed by atoms with Crippen LogP contribution >= 0.6 is 0 Å². The molecule has 0 saturated heterocycles. The SMILES string of the molecule is CC(C)c1nc(N)cc(-n2cncn2)n1. The molecule has 2 aromatic heterocycles. The highest BCUT2D eigenvalue weighted by Crippen LogP contribution is 2.13. The van der Waals surface area contributed by atoms with Crippen molar-refractivity contribution in [2.75, 3.05) is 5.73 Å². The fourth-order valence-electron chi connectivity index (χ4n) is 1.17. The second-order valence-electron chi connectivity index (χ2n) is 3.50. The van der Waals surface area contributed by atoms with Gasteiger partial charge >= 0.3 is 0 Å². The lowest BCUT2D eigenvalue weighted by Crippen LogP contribution is -2.07. The van der Waals surface area contributed by atoms with Crippen LogP contribution in [0.1, 0.15) is 25.6 Å². The average Bonchev–Trinajstić information content (AvgIpc) is 2.69. The third-order valence-corrected chi connectivity index (χ3v) is 1.92. The molecule has 0 aliphatic rings. The molecule has 0 unspecified atom stereocenters. The van der Waals surface area contributed by atoms with Crippen molar-refractivity contribution >= 4 is 5.82 Å². The summed E-state index contributed by atoms with van der Waals surface area (Å²) in [5.74, 6) is 2.03. The molecule has 0 radical (unpaired) electrons. The van der Waals surface area contributed by atoms with Gasteiger partial charge in [-0.25, -0.2) is 19.6 Å². The smallest absolute Gasteiger partial charge is 0.161 e. The Morgan fingerprint density at radius 3 is 2.73 bits per heavy atom. The van der Waals surface area contributed by atoms with Crippen LogP contribution in [0.2, 0.25) is 0 Å². The molecule has 2 rings (SSSR count). The molecule has 0 amide bonds. The summed E-state index contributed by atoms with van der Waals surface area (Å²) in [6, 6.07) is 1.67. The summed E-state index contributed by atoms with van der Waals surface area (Å²) in [6.45, 7) is 4.03. The zero-order valence-corrected chi connectivity index (χ0v) is 8.62. The number of aromatic nitrogens is 5. The van der Waals surface area contributed by atoms with E-state index in [2.05, 4.69) is 20.1 Å². The predicted octanol–water partition coefficient (Wildman–Crippen LogP) is 0.763. The van der Waals surface area contributed by atoms with E-state index in [4.69, 9.17) is 5.73 Å². The van der Waals surface area contributed by atoms with Crippen molar-refractivity contribution in [2.24, 2.45) is 0 Å². The molecule has 0 aromatic carbocycles. The molecule has 0 fully saturated rings. The van der Waals surface area contributed by atoms with E-state index >= 15 is 0 Å². The summed E-state index contributed by atoms with van der Waals surface area (Å²) in [6.07, 6.45) is 3.03. The zero-order chi connectivity index (χ0) is 10.8. The third-order valence-electron chi connectivity index (χ3n) is 1.92. The highest BCUT2D eigenvalue weighted by atomic mass is 15.3. The lowest BCUT2D eigenvalue weighted by atomic mass is 10.2. The molecule has 15 heavy (non-hydrogen) atoms. The minimum atomic E-state index is 0.232. The number of hydrogen-bond donors (Lipinski definition) is 1. The van der Waals surface area contributed by atoms with Crippen molar-refractivity contribution < 1.29 is 0 Å². The first-order valence-electron chi connectivity index (χ1n) is 4.66. The van der Waals surface area contributed by atoms with Crippen molar-refractivity contribution in [1.82, 2.24) is 24.7 Å². The first kappa shape index (κ1) is 9.57. The van der Waals surface area contributed by atoms with Gasteiger partial charge in [-0.05, 0) is 0 Å². The van der Waals surface area contributed by atoms with Crippen LogP contribution in [-0.2, 0) is 0 Å². The Labute approximate surface area is 87.2 Å². The van der Waals surface area contributed by atoms with E-state index in [0.717, 1.165) is 0 Å². The maximum absolute atomic E-state index is 5.69. The van der Waals surface area contributed by atoms with Gasteiger partial charge in [0.25, 0.3) is 0 Å². The van der Waals surface area contributed by atoms with E-state index in [1.54, 1.807) is 17.1 Å². The summed E-state index contributed by atoms with van der Waals surface area (Å²) in [5.41, 5.74) is 5.69. The number of anilines is 1. The van der Waals surface area contributed by atoms with Crippen LogP contribution in [0, 0.1) is 0 Å². The van der Waals surface area contributed by atoms with E-state index < -0.39 is 0 Å². The standard InChI is InChI=1S/C9H12N6/c1-6(2)9-13-7(10)3-8(14-9)15-5-11-4-12-15/h3-6H,1-2H3,(H2,10,13,14). The monoisotopic (exact) mass is 204 g/mol. The van der Waals surface area contributed by atoms with E-state index in [1.807, 2.05) is 13.8 Å². The molecule has 0 spiro atoms. The van der Waals surface area contributed by atoms with Gasteiger partial charge in [-0.2, -0.15) is 5.10 Å². The Kier molecular flexibility index (Phi) is 2.32. The second kappa shape index (κ2) is 3.64. The number of rotatable bonds is 2. The van der Waals surface area contributed by atoms with Gasteiger partial charge in [-0.1, -0.05) is 13.8 Å². The maximum atomic E-state index is 5.69. The van der Waals surface area contributed by atoms with Crippen molar-refractivity contribution in [3.63, 3.8) is 0 Å². The molecule has 2 aromatic rings. The van der Waals surface area contributed by atoms with E-state index in [-0.39, 0.29) is 5.92 Å². The molecule has 0 aliphatic heterocycles. The van der Waals surface area contributed by atoms with Crippen molar-refractivity contribution in [2.45, 2.75) is 19.8 Å². The summed E-state index contributed by atoms with van der Waals surface area (Å²) < 4.78 is 1.56. The molecular weight excluding hydrogens is 192 g/mol. The van der Waals surface area contributed by atoms with Crippen LogP contribution in [0.3, 0.4) is 0 Å². The highest BCUT2D eigenvalue weighted by Gasteiger charge is 2.07. The number of nitrogens with zero attached hydrogens (tertiary/aromatic N) is 5. The molecule has 0 bridgehead atoms. The maximum Gasteiger partial charge on any atom is 0.161 e. The van der Waals surface area contributed by atoms with Crippen LogP contribution in [-0.4, -0.2) is 24.7 Å². The van der Waals surface area contributed by atoms with Crippen LogP contribution in [0.15, 0.2) is 18.7 Å². The Balaban J connectivity index is 2.49. The van der Waals surface area contributed by atoms with Crippen LogP contribution in [0.4, 0.5) is 5.82 Å². The van der Waals surface area contributed by atoms with Gasteiger partial charge in [-0.3, -0.25) is 0 Å². The largest absolute Gasteiger partial charge is 0.384 e. The van der Waals surface area contributed by atoms with Crippen LogP contribution in [0.25, 0.3) is 5.82 Å². The lowest BCUT2D eigenvalue weighted by Gasteiger charge is -2.07. The minimum absolute atomic E-state index is 0.232. The molecule has 78 valence electrons. The van der Waals surface area contributed by atoms with Gasteiger partial charge in [0.2, 0.25) is 0 Å². The van der Waals surface area contributed by atoms with Crippen LogP contribution < -0.4 is 5.73 Å². The summed E-state index contributed by atoms with van der Waals surface area (Å²) >= 11 is 0. The summed E-state index contributed by atoms with van der Waals surface area (Å²) in [7, 11) is 0. The number of nitrogen functional groups attached to an aromatic ring is 1. The first-order chi connectivity index (χ1) is 7.16. The van der Waals surface area contributed by atoms with E-state index in [9.17, 15) is 0 Å². The Hall–Kier alpha value is -1.98. The van der Waals surface area contributed by atoms with Crippen molar-refractivity contribution in [3.05, 3.63) is 24.5 Å². The third kappa shape index (κ3) is 1.93. The normalized spacial score (nSPS) is 10.9. The fraction of sp³-hybridized carbons (Fsp3) is 0.333. The average molecular weight is 204 g/mol. The zero-order valence-electron chi connectivity index (χ0n) is 8.62. The number of hydrogen-bond acceptors (Lipinski definition) is 5. The molecule has 0 aliphatic carbocycles. The molecule has 6 heteroatoms. The fourth-order valence-corrected chi connectivity index (χ4v) is 1.17. The predicted molar refractivity (Wildman–Crippen MR) is 55.5 cm³/mol. The van der Waals surface area contributed by atoms with Gasteiger partial charge in [0, 0.05) is 12.0 Å². The number of nitrogens with two attached hydrogens (primary N) is 1. The topological polar surface area (TPSA) is 82.5 Å². The molecule has 2 N–H and O–H groups in total. The summed E-state index contributed by atoms with van der Waals surface area (Å²) in [5, 5.41) is 3.99. The Bertz CT molecular complexity index is 448. The molecule has 0 saturated carbocycles. The Morgan fingerprint density at radius 1 is 1.33 bits per heavy atom. The van der Waals surface area contributed by atoms with Gasteiger partial charge in [0.05, 0.1) is 0 Å². The molecule has 2 heterocycles. The molecule has 6 nitrogen and oxygen atoms in total. The van der Waals surface area contributed by atoms with Gasteiger partial charge in [0.15, 0.2) is 5.82 Å². The minimum Gasteiger partial charge on any atom is -0.384 e. The highest BCUT2D eigenvalue weighted by molar-refractivity contribution is 5.36. The van der Waals surface area contributed by atoms with Crippen molar-refractivity contribution in [1.29, 1.82) is 0 Å². The molecule has 0 atom stereocenters. The van der Waals surface area contributed by atoms with Crippen molar-refractivity contribution in [3.8, 4) is 5.82 Å². The Morgan fingerprint density at radius 2 is 2.13 bits per heavy atom. The van der Waals surface area contributed by atoms with Gasteiger partial charge in [-0.15, -0.1) is 0 Å². The van der Waals surface area contributed by atoms with E-state index in [0.29, 0.717) is 17.5 Å². The summed E-state index contributed by atoms with van der Waals surface area (Å²) in [4.78, 5) is 12.3. The van der Waals surface area contributed by atoms with E-state index in [1.165, 1.54) is 6.33 Å².